The van der Waals surface area contributed by atoms with Gasteiger partial charge in [-0.15, -0.1) is 0 Å². The van der Waals surface area contributed by atoms with Gasteiger partial charge in [0.2, 0.25) is 0 Å². The molecule has 2 N–H and O–H groups in total. The number of alkyl halides is 3. The van der Waals surface area contributed by atoms with Crippen molar-refractivity contribution in [2.24, 2.45) is 0 Å². The Morgan fingerprint density at radius 2 is 1.96 bits per heavy atom. The van der Waals surface area contributed by atoms with E-state index in [9.17, 15) is 32.3 Å². The van der Waals surface area contributed by atoms with E-state index in [4.69, 9.17) is 0 Å². The van der Waals surface area contributed by atoms with Crippen molar-refractivity contribution < 1.29 is 32.3 Å². The van der Waals surface area contributed by atoms with Crippen LogP contribution in [0.5, 0.6) is 0 Å². The number of hydrogen-bond acceptors (Lipinski definition) is 6. The average Bonchev–Trinajstić information content (AvgIpc) is 2.52. The minimum atomic E-state index is -4.62. The Kier molecular flexibility index (Phi) is 7.08. The first-order chi connectivity index (χ1) is 11.6. The first kappa shape index (κ1) is 20.1. The summed E-state index contributed by atoms with van der Waals surface area (Å²) in [4.78, 5) is 45.6. The minimum absolute atomic E-state index is 0.234. The SMILES string of the molecule is CCCn1nc(C(=O)OCC(=O)NC(=O)NCC(F)(F)F)ccc1=O. The van der Waals surface area contributed by atoms with Gasteiger partial charge in [-0.3, -0.25) is 14.9 Å². The van der Waals surface area contributed by atoms with Gasteiger partial charge in [0.15, 0.2) is 12.3 Å². The van der Waals surface area contributed by atoms with Crippen LogP contribution < -0.4 is 16.2 Å². The van der Waals surface area contributed by atoms with Gasteiger partial charge in [-0.05, 0) is 12.5 Å². The number of aryl methyl sites for hydroxylation is 1. The lowest BCUT2D eigenvalue weighted by atomic mass is 10.4. The van der Waals surface area contributed by atoms with E-state index in [1.54, 1.807) is 12.2 Å². The third-order valence-corrected chi connectivity index (χ3v) is 2.55. The van der Waals surface area contributed by atoms with E-state index in [1.807, 2.05) is 0 Å². The molecule has 0 radical (unpaired) electrons. The molecule has 0 aliphatic heterocycles. The molecule has 0 bridgehead atoms. The maximum absolute atomic E-state index is 11.9. The molecule has 12 heteroatoms. The summed E-state index contributed by atoms with van der Waals surface area (Å²) in [5, 5.41) is 6.72. The van der Waals surface area contributed by atoms with Crippen molar-refractivity contribution >= 4 is 17.9 Å². The molecule has 9 nitrogen and oxygen atoms in total. The molecule has 25 heavy (non-hydrogen) atoms. The molecule has 1 aromatic heterocycles. The second-order valence-corrected chi connectivity index (χ2v) is 4.70. The highest BCUT2D eigenvalue weighted by Gasteiger charge is 2.28. The van der Waals surface area contributed by atoms with Crippen molar-refractivity contribution in [1.82, 2.24) is 20.4 Å². The molecule has 1 heterocycles. The summed E-state index contributed by atoms with van der Waals surface area (Å²) in [6.45, 7) is -0.450. The number of ether oxygens (including phenoxy) is 1. The third-order valence-electron chi connectivity index (χ3n) is 2.55. The Balaban J connectivity index is 2.50. The molecule has 0 spiro atoms. The number of nitrogens with zero attached hydrogens (tertiary/aromatic N) is 2. The normalized spacial score (nSPS) is 10.9. The van der Waals surface area contributed by atoms with Gasteiger partial charge in [0.05, 0.1) is 0 Å². The van der Waals surface area contributed by atoms with Crippen LogP contribution in [0.15, 0.2) is 16.9 Å². The Morgan fingerprint density at radius 3 is 2.56 bits per heavy atom. The number of amides is 3. The first-order valence-electron chi connectivity index (χ1n) is 7.02. The van der Waals surface area contributed by atoms with Gasteiger partial charge in [0, 0.05) is 12.6 Å². The molecule has 0 aromatic carbocycles. The number of carbonyl (C=O) groups is 3. The van der Waals surface area contributed by atoms with Crippen molar-refractivity contribution in [2.45, 2.75) is 26.1 Å². The van der Waals surface area contributed by atoms with Crippen LogP contribution in [0.4, 0.5) is 18.0 Å². The topological polar surface area (TPSA) is 119 Å². The van der Waals surface area contributed by atoms with Gasteiger partial charge in [0.25, 0.3) is 11.5 Å². The zero-order chi connectivity index (χ0) is 19.0. The lowest BCUT2D eigenvalue weighted by molar-refractivity contribution is -0.125. The summed E-state index contributed by atoms with van der Waals surface area (Å²) >= 11 is 0. The Labute approximate surface area is 139 Å². The van der Waals surface area contributed by atoms with Crippen LogP contribution in [0.25, 0.3) is 0 Å². The summed E-state index contributed by atoms with van der Waals surface area (Å²) in [6, 6.07) is 0.822. The van der Waals surface area contributed by atoms with Gasteiger partial charge in [0.1, 0.15) is 6.54 Å². The van der Waals surface area contributed by atoms with Crippen LogP contribution in [0.3, 0.4) is 0 Å². The maximum atomic E-state index is 11.9. The van der Waals surface area contributed by atoms with Crippen molar-refractivity contribution in [2.75, 3.05) is 13.2 Å². The second-order valence-electron chi connectivity index (χ2n) is 4.70. The van der Waals surface area contributed by atoms with Gasteiger partial charge in [-0.2, -0.15) is 18.3 Å². The number of nitrogens with one attached hydrogen (secondary N) is 2. The molecule has 0 unspecified atom stereocenters. The quantitative estimate of drug-likeness (QED) is 0.696. The van der Waals surface area contributed by atoms with Crippen molar-refractivity contribution in [3.05, 3.63) is 28.2 Å². The molecule has 0 saturated heterocycles. The molecule has 0 aliphatic rings. The summed E-state index contributed by atoms with van der Waals surface area (Å²) in [5.74, 6) is -2.16. The molecule has 138 valence electrons. The maximum Gasteiger partial charge on any atom is 0.405 e. The van der Waals surface area contributed by atoms with Crippen LogP contribution >= 0.6 is 0 Å². The van der Waals surface area contributed by atoms with E-state index in [2.05, 4.69) is 9.84 Å². The minimum Gasteiger partial charge on any atom is -0.451 e. The Hall–Kier alpha value is -2.92. The fraction of sp³-hybridized carbons (Fsp3) is 0.462. The predicted octanol–water partition coefficient (Wildman–Crippen LogP) is 0.198. The fourth-order valence-corrected chi connectivity index (χ4v) is 1.52. The molecule has 1 aromatic rings. The summed E-state index contributed by atoms with van der Waals surface area (Å²) in [7, 11) is 0. The lowest BCUT2D eigenvalue weighted by Crippen LogP contribution is -2.44. The molecular formula is C13H15F3N4O5. The number of imide groups is 1. The standard InChI is InChI=1S/C13H15F3N4O5/c1-2-5-20-10(22)4-3-8(19-20)11(23)25-6-9(21)18-12(24)17-7-13(14,15)16/h3-4H,2,5-7H2,1H3,(H2,17,18,21,24). The number of carbonyl (C=O) groups excluding carboxylic acids is 3. The number of hydrogen-bond donors (Lipinski definition) is 2. The van der Waals surface area contributed by atoms with Crippen molar-refractivity contribution in [3.63, 3.8) is 0 Å². The van der Waals surface area contributed by atoms with Gasteiger partial charge in [-0.25, -0.2) is 14.3 Å². The van der Waals surface area contributed by atoms with Crippen LogP contribution in [-0.4, -0.2) is 47.0 Å². The van der Waals surface area contributed by atoms with Gasteiger partial charge < -0.3 is 10.1 Å². The van der Waals surface area contributed by atoms with Crippen molar-refractivity contribution in [3.8, 4) is 0 Å². The molecular weight excluding hydrogens is 349 g/mol. The Bertz CT molecular complexity index is 702. The summed E-state index contributed by atoms with van der Waals surface area (Å²) in [5.41, 5.74) is -0.653. The van der Waals surface area contributed by atoms with Crippen LogP contribution in [-0.2, 0) is 16.1 Å². The Morgan fingerprint density at radius 1 is 1.28 bits per heavy atom. The smallest absolute Gasteiger partial charge is 0.405 e. The van der Waals surface area contributed by atoms with Crippen LogP contribution in [0.1, 0.15) is 23.8 Å². The zero-order valence-corrected chi connectivity index (χ0v) is 13.1. The monoisotopic (exact) mass is 364 g/mol. The summed E-state index contributed by atoms with van der Waals surface area (Å²) < 4.78 is 41.3. The highest BCUT2D eigenvalue weighted by Crippen LogP contribution is 2.11. The molecule has 0 atom stereocenters. The van der Waals surface area contributed by atoms with E-state index < -0.39 is 42.8 Å². The predicted molar refractivity (Wildman–Crippen MR) is 76.7 cm³/mol. The van der Waals surface area contributed by atoms with Crippen LogP contribution in [0.2, 0.25) is 0 Å². The molecule has 1 rings (SSSR count). The number of urea groups is 1. The number of halogens is 3. The van der Waals surface area contributed by atoms with E-state index in [1.165, 1.54) is 5.32 Å². The van der Waals surface area contributed by atoms with E-state index in [0.29, 0.717) is 6.42 Å². The average molecular weight is 364 g/mol. The first-order valence-corrected chi connectivity index (χ1v) is 7.02. The highest BCUT2D eigenvalue weighted by atomic mass is 19.4. The summed E-state index contributed by atoms with van der Waals surface area (Å²) in [6.07, 6.45) is -4.03. The van der Waals surface area contributed by atoms with E-state index in [-0.39, 0.29) is 12.2 Å². The van der Waals surface area contributed by atoms with Gasteiger partial charge >= 0.3 is 18.2 Å². The zero-order valence-electron chi connectivity index (χ0n) is 13.1. The molecule has 0 aliphatic carbocycles. The van der Waals surface area contributed by atoms with E-state index in [0.717, 1.165) is 16.8 Å². The molecule has 0 fully saturated rings. The largest absolute Gasteiger partial charge is 0.451 e. The molecule has 3 amide bonds. The lowest BCUT2D eigenvalue weighted by Gasteiger charge is -2.09. The van der Waals surface area contributed by atoms with Crippen LogP contribution in [0, 0.1) is 0 Å². The van der Waals surface area contributed by atoms with Gasteiger partial charge in [-0.1, -0.05) is 6.92 Å². The number of aromatic nitrogens is 2. The number of rotatable bonds is 6. The van der Waals surface area contributed by atoms with E-state index >= 15 is 0 Å². The van der Waals surface area contributed by atoms with Crippen molar-refractivity contribution in [1.29, 1.82) is 0 Å². The second kappa shape index (κ2) is 8.80. The fourth-order valence-electron chi connectivity index (χ4n) is 1.52. The number of esters is 1. The third kappa shape index (κ3) is 7.46. The highest BCUT2D eigenvalue weighted by molar-refractivity contribution is 5.96. The molecule has 0 saturated carbocycles.